The minimum atomic E-state index is -3.08. The average Bonchev–Trinajstić information content (AvgIpc) is 2.03. The highest BCUT2D eigenvalue weighted by atomic mass is 32.2. The summed E-state index contributed by atoms with van der Waals surface area (Å²) in [6.07, 6.45) is 0. The summed E-state index contributed by atoms with van der Waals surface area (Å²) in [4.78, 5) is 0.309. The second-order valence-electron chi connectivity index (χ2n) is 2.32. The topological polar surface area (TPSA) is 46.5 Å². The van der Waals surface area contributed by atoms with Crippen molar-refractivity contribution >= 4 is 15.7 Å². The third kappa shape index (κ3) is 1.99. The molecule has 0 spiro atoms. The molecule has 0 radical (unpaired) electrons. The first-order valence-electron chi connectivity index (χ1n) is 3.28. The molecule has 0 saturated carbocycles. The van der Waals surface area contributed by atoms with E-state index in [2.05, 4.69) is 5.87 Å². The zero-order valence-corrected chi connectivity index (χ0v) is 7.50. The zero-order valence-electron chi connectivity index (χ0n) is 6.69. The van der Waals surface area contributed by atoms with E-state index in [4.69, 9.17) is 9.29 Å². The minimum absolute atomic E-state index is 0.309. The monoisotopic (exact) mass is 186 g/mol. The Morgan fingerprint density at radius 3 is 2.25 bits per heavy atom. The minimum Gasteiger partial charge on any atom is -0.497 e. The van der Waals surface area contributed by atoms with Crippen LogP contribution in [-0.4, -0.2) is 21.7 Å². The first-order chi connectivity index (χ1) is 5.54. The van der Waals surface area contributed by atoms with Gasteiger partial charge in [0.2, 0.25) is 0 Å². The van der Waals surface area contributed by atoms with E-state index < -0.39 is 9.80 Å². The Morgan fingerprint density at radius 1 is 1.42 bits per heavy atom. The Kier molecular flexibility index (Phi) is 2.40. The molecule has 0 heterocycles. The maximum atomic E-state index is 11.0. The zero-order chi connectivity index (χ0) is 9.19. The highest BCUT2D eigenvalue weighted by Crippen LogP contribution is 2.14. The smallest absolute Gasteiger partial charge is 0.118 e. The van der Waals surface area contributed by atoms with Gasteiger partial charge < -0.3 is 9.29 Å². The van der Waals surface area contributed by atoms with Crippen molar-refractivity contribution in [3.8, 4) is 5.75 Å². The van der Waals surface area contributed by atoms with Crippen LogP contribution in [0.1, 0.15) is 0 Å². The summed E-state index contributed by atoms with van der Waals surface area (Å²) in [5.74, 6) is 3.79. The number of hydrogen-bond donors (Lipinski definition) is 1. The van der Waals surface area contributed by atoms with Gasteiger partial charge in [0.15, 0.2) is 0 Å². The van der Waals surface area contributed by atoms with E-state index in [0.717, 1.165) is 0 Å². The van der Waals surface area contributed by atoms with E-state index in [9.17, 15) is 4.21 Å². The van der Waals surface area contributed by atoms with E-state index in [0.29, 0.717) is 10.6 Å². The molecule has 1 aromatic rings. The first-order valence-corrected chi connectivity index (χ1v) is 4.96. The first kappa shape index (κ1) is 9.09. The van der Waals surface area contributed by atoms with Crippen LogP contribution in [0.2, 0.25) is 0 Å². The molecule has 1 aromatic carbocycles. The highest BCUT2D eigenvalue weighted by Gasteiger charge is 2.01. The predicted octanol–water partition coefficient (Wildman–Crippen LogP) is 1.24. The van der Waals surface area contributed by atoms with Gasteiger partial charge in [-0.3, -0.25) is 0 Å². The summed E-state index contributed by atoms with van der Waals surface area (Å²) < 4.78 is 24.9. The molecule has 1 unspecified atom stereocenters. The van der Waals surface area contributed by atoms with Crippen LogP contribution in [0.25, 0.3) is 0 Å². The van der Waals surface area contributed by atoms with E-state index in [1.54, 1.807) is 12.1 Å². The Labute approximate surface area is 71.8 Å². The largest absolute Gasteiger partial charge is 0.497 e. The fourth-order valence-electron chi connectivity index (χ4n) is 0.788. The number of hydrogen-bond acceptors (Lipinski definition) is 2. The van der Waals surface area contributed by atoms with Crippen molar-refractivity contribution in [2.75, 3.05) is 7.11 Å². The van der Waals surface area contributed by atoms with Gasteiger partial charge in [0, 0.05) is 0 Å². The molecule has 1 N–H and O–H groups in total. The van der Waals surface area contributed by atoms with Crippen LogP contribution in [0.4, 0.5) is 0 Å². The molecule has 0 amide bonds. The second-order valence-corrected chi connectivity index (χ2v) is 4.07. The van der Waals surface area contributed by atoms with Crippen LogP contribution in [0.5, 0.6) is 5.75 Å². The lowest BCUT2D eigenvalue weighted by molar-refractivity contribution is 0.414. The SMILES string of the molecule is C=S(=O)(O)c1ccc(OC)cc1. The van der Waals surface area contributed by atoms with E-state index in [1.165, 1.54) is 19.2 Å². The summed E-state index contributed by atoms with van der Waals surface area (Å²) in [5, 5.41) is 0. The van der Waals surface area contributed by atoms with Gasteiger partial charge in [0.25, 0.3) is 0 Å². The molecule has 66 valence electrons. The fraction of sp³-hybridized carbons (Fsp3) is 0.125. The molecule has 0 aliphatic heterocycles. The van der Waals surface area contributed by atoms with Crippen molar-refractivity contribution in [1.82, 2.24) is 0 Å². The number of rotatable bonds is 2. The maximum Gasteiger partial charge on any atom is 0.118 e. The van der Waals surface area contributed by atoms with Crippen molar-refractivity contribution in [3.63, 3.8) is 0 Å². The third-order valence-electron chi connectivity index (χ3n) is 1.43. The van der Waals surface area contributed by atoms with Gasteiger partial charge in [-0.1, -0.05) is 0 Å². The van der Waals surface area contributed by atoms with E-state index in [-0.39, 0.29) is 0 Å². The quantitative estimate of drug-likeness (QED) is 0.707. The lowest BCUT2D eigenvalue weighted by Crippen LogP contribution is -1.96. The van der Waals surface area contributed by atoms with Crippen LogP contribution in [0.3, 0.4) is 0 Å². The summed E-state index contributed by atoms with van der Waals surface area (Å²) >= 11 is 0. The number of ether oxygens (including phenoxy) is 1. The van der Waals surface area contributed by atoms with Gasteiger partial charge in [-0.15, -0.1) is 0 Å². The summed E-state index contributed by atoms with van der Waals surface area (Å²) in [6, 6.07) is 6.29. The van der Waals surface area contributed by atoms with Crippen molar-refractivity contribution in [2.45, 2.75) is 4.90 Å². The molecule has 0 saturated heterocycles. The Balaban J connectivity index is 3.09. The molecule has 0 aliphatic carbocycles. The molecule has 1 atom stereocenters. The van der Waals surface area contributed by atoms with Crippen molar-refractivity contribution < 1.29 is 13.5 Å². The molecule has 1 rings (SSSR count). The van der Waals surface area contributed by atoms with Crippen LogP contribution in [-0.2, 0) is 9.80 Å². The molecule has 12 heavy (non-hydrogen) atoms. The molecule has 0 aromatic heterocycles. The molecule has 0 fully saturated rings. The van der Waals surface area contributed by atoms with Crippen LogP contribution in [0.15, 0.2) is 29.2 Å². The normalized spacial score (nSPS) is 15.2. The number of benzene rings is 1. The molecule has 0 bridgehead atoms. The Hall–Kier alpha value is -1.00. The molecule has 3 nitrogen and oxygen atoms in total. The second kappa shape index (κ2) is 3.16. The van der Waals surface area contributed by atoms with Crippen molar-refractivity contribution in [1.29, 1.82) is 0 Å². The maximum absolute atomic E-state index is 11.0. The third-order valence-corrected chi connectivity index (χ3v) is 2.44. The predicted molar refractivity (Wildman–Crippen MR) is 49.2 cm³/mol. The van der Waals surface area contributed by atoms with Crippen LogP contribution < -0.4 is 4.74 Å². The summed E-state index contributed by atoms with van der Waals surface area (Å²) in [5.41, 5.74) is 0. The number of methoxy groups -OCH3 is 1. The van der Waals surface area contributed by atoms with E-state index >= 15 is 0 Å². The molecule has 4 heteroatoms. The fourth-order valence-corrected chi connectivity index (χ4v) is 1.35. The molecule has 0 aliphatic rings. The van der Waals surface area contributed by atoms with Gasteiger partial charge in [-0.2, -0.15) is 0 Å². The van der Waals surface area contributed by atoms with Crippen LogP contribution >= 0.6 is 0 Å². The molecular weight excluding hydrogens is 176 g/mol. The Morgan fingerprint density at radius 2 is 1.92 bits per heavy atom. The van der Waals surface area contributed by atoms with Gasteiger partial charge in [-0.05, 0) is 30.1 Å². The van der Waals surface area contributed by atoms with Gasteiger partial charge in [0.1, 0.15) is 15.6 Å². The van der Waals surface area contributed by atoms with Crippen LogP contribution in [0, 0.1) is 0 Å². The lowest BCUT2D eigenvalue weighted by atomic mass is 10.3. The van der Waals surface area contributed by atoms with Gasteiger partial charge in [0.05, 0.1) is 12.0 Å². The van der Waals surface area contributed by atoms with Crippen molar-refractivity contribution in [3.05, 3.63) is 24.3 Å². The van der Waals surface area contributed by atoms with Gasteiger partial charge in [-0.25, -0.2) is 4.21 Å². The summed E-state index contributed by atoms with van der Waals surface area (Å²) in [7, 11) is -1.55. The highest BCUT2D eigenvalue weighted by molar-refractivity contribution is 7.95. The summed E-state index contributed by atoms with van der Waals surface area (Å²) in [6.45, 7) is 0. The van der Waals surface area contributed by atoms with Gasteiger partial charge >= 0.3 is 0 Å². The molecular formula is C8H10O3S. The Bertz CT molecular complexity index is 350. The standard InChI is InChI=1S/C8H10O3S/c1-11-7-3-5-8(6-4-7)12(2,9)10/h3-6H,2H2,1H3,(H,9,10). The van der Waals surface area contributed by atoms with Crippen molar-refractivity contribution in [2.24, 2.45) is 0 Å². The average molecular weight is 186 g/mol. The lowest BCUT2D eigenvalue weighted by Gasteiger charge is -2.02. The van der Waals surface area contributed by atoms with E-state index in [1.807, 2.05) is 0 Å².